The quantitative estimate of drug-likeness (QED) is 0.218. The van der Waals surface area contributed by atoms with Crippen LogP contribution in [0.15, 0.2) is 48.5 Å². The van der Waals surface area contributed by atoms with Gasteiger partial charge in [-0.2, -0.15) is 0 Å². The van der Waals surface area contributed by atoms with Crippen LogP contribution >= 0.6 is 92.8 Å². The van der Waals surface area contributed by atoms with Crippen molar-refractivity contribution in [3.8, 4) is 0 Å². The van der Waals surface area contributed by atoms with E-state index < -0.39 is 28.0 Å². The Labute approximate surface area is 240 Å². The summed E-state index contributed by atoms with van der Waals surface area (Å²) in [6.45, 7) is 0. The summed E-state index contributed by atoms with van der Waals surface area (Å²) in [5, 5.41) is 6.85. The molecule has 1 aliphatic rings. The second-order valence-electron chi connectivity index (χ2n) is 7.72. The van der Waals surface area contributed by atoms with Crippen molar-refractivity contribution in [2.45, 2.75) is 10.3 Å². The fourth-order valence-electron chi connectivity index (χ4n) is 3.65. The molecule has 0 aliphatic heterocycles. The van der Waals surface area contributed by atoms with Crippen molar-refractivity contribution >= 4 is 116 Å². The van der Waals surface area contributed by atoms with Crippen molar-refractivity contribution in [2.75, 3.05) is 10.6 Å². The monoisotopic (exact) mass is 628 g/mol. The Balaban J connectivity index is 1.52. The molecule has 35 heavy (non-hydrogen) atoms. The van der Waals surface area contributed by atoms with Gasteiger partial charge >= 0.3 is 0 Å². The second-order valence-corrected chi connectivity index (χ2v) is 11.6. The Hall–Kier alpha value is -1.08. The predicted octanol–water partition coefficient (Wildman–Crippen LogP) is 9.39. The van der Waals surface area contributed by atoms with E-state index in [2.05, 4.69) is 10.6 Å². The number of alkyl halides is 2. The van der Waals surface area contributed by atoms with Crippen LogP contribution in [0, 0.1) is 5.92 Å². The van der Waals surface area contributed by atoms with Crippen molar-refractivity contribution in [3.63, 3.8) is 0 Å². The normalized spacial score (nSPS) is 18.2. The molecule has 0 heterocycles. The van der Waals surface area contributed by atoms with E-state index in [1.54, 1.807) is 24.3 Å². The molecule has 4 nitrogen and oxygen atoms in total. The topological polar surface area (TPSA) is 58.2 Å². The Morgan fingerprint density at radius 1 is 0.714 bits per heavy atom. The lowest BCUT2D eigenvalue weighted by Gasteiger charge is -2.11. The van der Waals surface area contributed by atoms with E-state index in [1.165, 1.54) is 24.3 Å². The highest BCUT2D eigenvalue weighted by atomic mass is 35.5. The van der Waals surface area contributed by atoms with Crippen molar-refractivity contribution in [2.24, 2.45) is 5.92 Å². The Kier molecular flexibility index (Phi) is 7.98. The zero-order valence-corrected chi connectivity index (χ0v) is 23.2. The number of carbonyl (C=O) groups excluding carboxylic acids is 2. The Bertz CT molecular complexity index is 1320. The molecule has 0 unspecified atom stereocenters. The first-order valence-electron chi connectivity index (χ1n) is 9.78. The standard InChI is InChI=1S/C23H12Cl8N2O2/c24-10-3-9(4-11(25)5-10)18-19(23(18,30)31)22(35)32-12-1-2-15(26)14(6-12)21(34)33-13-7-16(27)20(29)17(28)8-13/h1-8,18-19H,(H,32,35)(H,33,34)/t18-,19+/m0/s1. The van der Waals surface area contributed by atoms with Crippen molar-refractivity contribution in [1.82, 2.24) is 0 Å². The van der Waals surface area contributed by atoms with E-state index in [4.69, 9.17) is 92.8 Å². The number of hydrogen-bond acceptors (Lipinski definition) is 2. The number of halogens is 8. The molecule has 2 atom stereocenters. The molecule has 0 bridgehead atoms. The largest absolute Gasteiger partial charge is 0.326 e. The van der Waals surface area contributed by atoms with E-state index >= 15 is 0 Å². The predicted molar refractivity (Wildman–Crippen MR) is 147 cm³/mol. The average Bonchev–Trinajstić information content (AvgIpc) is 3.34. The van der Waals surface area contributed by atoms with E-state index in [-0.39, 0.29) is 25.7 Å². The second kappa shape index (κ2) is 10.4. The highest BCUT2D eigenvalue weighted by Crippen LogP contribution is 2.65. The molecule has 1 saturated carbocycles. The third-order valence-corrected chi connectivity index (χ3v) is 8.20. The molecule has 0 aromatic heterocycles. The van der Waals surface area contributed by atoms with Crippen LogP contribution in [0.3, 0.4) is 0 Å². The number of nitrogens with one attached hydrogen (secondary N) is 2. The zero-order valence-electron chi connectivity index (χ0n) is 17.1. The molecule has 4 rings (SSSR count). The minimum Gasteiger partial charge on any atom is -0.326 e. The molecule has 3 aromatic carbocycles. The van der Waals surface area contributed by atoms with Crippen molar-refractivity contribution in [1.29, 1.82) is 0 Å². The maximum atomic E-state index is 13.0. The van der Waals surface area contributed by atoms with E-state index in [9.17, 15) is 9.59 Å². The van der Waals surface area contributed by atoms with Gasteiger partial charge in [-0.25, -0.2) is 0 Å². The van der Waals surface area contributed by atoms with Gasteiger partial charge in [-0.05, 0) is 54.1 Å². The molecule has 3 aromatic rings. The maximum absolute atomic E-state index is 13.0. The zero-order chi connectivity index (χ0) is 25.7. The first-order chi connectivity index (χ1) is 16.4. The minimum atomic E-state index is -1.35. The smallest absolute Gasteiger partial charge is 0.257 e. The number of benzene rings is 3. The number of hydrogen-bond donors (Lipinski definition) is 2. The van der Waals surface area contributed by atoms with Crippen LogP contribution in [-0.4, -0.2) is 16.1 Å². The molecule has 182 valence electrons. The summed E-state index contributed by atoms with van der Waals surface area (Å²) in [7, 11) is 0. The van der Waals surface area contributed by atoms with Crippen molar-refractivity contribution < 1.29 is 9.59 Å². The molecular formula is C23H12Cl8N2O2. The summed E-state index contributed by atoms with van der Waals surface area (Å²) in [4.78, 5) is 25.8. The molecule has 1 fully saturated rings. The molecule has 1 aliphatic carbocycles. The van der Waals surface area contributed by atoms with Gasteiger partial charge in [0.15, 0.2) is 0 Å². The highest BCUT2D eigenvalue weighted by molar-refractivity contribution is 6.53. The van der Waals surface area contributed by atoms with Gasteiger partial charge < -0.3 is 10.6 Å². The summed E-state index contributed by atoms with van der Waals surface area (Å²) in [6.07, 6.45) is 0. The van der Waals surface area contributed by atoms with Crippen LogP contribution in [-0.2, 0) is 4.79 Å². The van der Waals surface area contributed by atoms with Gasteiger partial charge in [0.2, 0.25) is 5.91 Å². The van der Waals surface area contributed by atoms with Crippen molar-refractivity contribution in [3.05, 3.63) is 89.8 Å². The van der Waals surface area contributed by atoms with Crippen LogP contribution < -0.4 is 10.6 Å². The third-order valence-electron chi connectivity index (χ3n) is 5.30. The molecule has 0 saturated heterocycles. The SMILES string of the molecule is O=C(Nc1cc(Cl)c(Cl)c(Cl)c1)c1cc(NC(=O)[C@H]2[C@H](c3cc(Cl)cc(Cl)c3)C2(Cl)Cl)ccc1Cl. The summed E-state index contributed by atoms with van der Waals surface area (Å²) in [6, 6.07) is 12.2. The van der Waals surface area contributed by atoms with E-state index in [1.807, 2.05) is 0 Å². The van der Waals surface area contributed by atoms with Crippen LogP contribution in [0.1, 0.15) is 21.8 Å². The van der Waals surface area contributed by atoms with Gasteiger partial charge in [-0.3, -0.25) is 9.59 Å². The minimum absolute atomic E-state index is 0.101. The van der Waals surface area contributed by atoms with Crippen LogP contribution in [0.5, 0.6) is 0 Å². The number of anilines is 2. The van der Waals surface area contributed by atoms with Gasteiger partial charge in [-0.15, -0.1) is 23.2 Å². The lowest BCUT2D eigenvalue weighted by atomic mass is 10.1. The van der Waals surface area contributed by atoms with Crippen LogP contribution in [0.25, 0.3) is 0 Å². The molecule has 12 heteroatoms. The first kappa shape index (κ1) is 27.0. The molecule has 2 amide bonds. The van der Waals surface area contributed by atoms with Gasteiger partial charge in [0.25, 0.3) is 5.91 Å². The lowest BCUT2D eigenvalue weighted by molar-refractivity contribution is -0.117. The average molecular weight is 632 g/mol. The molecular weight excluding hydrogens is 620 g/mol. The number of rotatable bonds is 5. The summed E-state index contributed by atoms with van der Waals surface area (Å²) in [5.41, 5.74) is 1.37. The highest BCUT2D eigenvalue weighted by Gasteiger charge is 2.67. The fraction of sp³-hybridized carbons (Fsp3) is 0.130. The van der Waals surface area contributed by atoms with Crippen LogP contribution in [0.2, 0.25) is 30.1 Å². The molecule has 0 spiro atoms. The van der Waals surface area contributed by atoms with E-state index in [0.29, 0.717) is 27.0 Å². The maximum Gasteiger partial charge on any atom is 0.257 e. The van der Waals surface area contributed by atoms with Gasteiger partial charge in [0.05, 0.1) is 31.6 Å². The summed E-state index contributed by atoms with van der Waals surface area (Å²) in [5.74, 6) is -2.29. The summed E-state index contributed by atoms with van der Waals surface area (Å²) < 4.78 is -1.35. The lowest BCUT2D eigenvalue weighted by Crippen LogP contribution is -2.18. The van der Waals surface area contributed by atoms with Gasteiger partial charge in [-0.1, -0.05) is 69.6 Å². The molecule has 2 N–H and O–H groups in total. The third kappa shape index (κ3) is 5.76. The van der Waals surface area contributed by atoms with Crippen LogP contribution in [0.4, 0.5) is 11.4 Å². The number of carbonyl (C=O) groups is 2. The van der Waals surface area contributed by atoms with E-state index in [0.717, 1.165) is 0 Å². The summed E-state index contributed by atoms with van der Waals surface area (Å²) >= 11 is 49.2. The number of amides is 2. The molecule has 0 radical (unpaired) electrons. The fourth-order valence-corrected chi connectivity index (χ4v) is 5.82. The van der Waals surface area contributed by atoms with Gasteiger partial charge in [0, 0.05) is 27.3 Å². The Morgan fingerprint density at radius 2 is 1.31 bits per heavy atom. The Morgan fingerprint density at radius 3 is 1.91 bits per heavy atom. The van der Waals surface area contributed by atoms with Gasteiger partial charge in [0.1, 0.15) is 4.33 Å². The first-order valence-corrected chi connectivity index (χ1v) is 12.8.